The number of quaternary nitrogens is 1. The molecule has 1 aliphatic rings. The number of fused-ring (bicyclic) bond motifs is 1. The summed E-state index contributed by atoms with van der Waals surface area (Å²) in [6.07, 6.45) is 6.39. The summed E-state index contributed by atoms with van der Waals surface area (Å²) in [7, 11) is 2.40. The average Bonchev–Trinajstić information content (AvgIpc) is 2.73. The summed E-state index contributed by atoms with van der Waals surface area (Å²) in [6, 6.07) is 8.63. The van der Waals surface area contributed by atoms with Crippen molar-refractivity contribution in [3.63, 3.8) is 0 Å². The van der Waals surface area contributed by atoms with Crippen LogP contribution in [0.1, 0.15) is 24.8 Å². The Bertz CT molecular complexity index is 512. The van der Waals surface area contributed by atoms with Crippen LogP contribution in [-0.2, 0) is 6.54 Å². The number of aromatic nitrogens is 1. The summed E-state index contributed by atoms with van der Waals surface area (Å²) in [6.45, 7) is 3.84. The van der Waals surface area contributed by atoms with Crippen LogP contribution in [0.25, 0.3) is 10.9 Å². The van der Waals surface area contributed by atoms with Gasteiger partial charge in [0.2, 0.25) is 0 Å². The first kappa shape index (κ1) is 13.9. The van der Waals surface area contributed by atoms with Crippen LogP contribution in [0.4, 0.5) is 0 Å². The van der Waals surface area contributed by atoms with Gasteiger partial charge in [0.15, 0.2) is 0 Å². The highest BCUT2D eigenvalue weighted by Crippen LogP contribution is 2.24. The number of rotatable bonds is 2. The maximum atomic E-state index is 3.38. The Morgan fingerprint density at radius 2 is 1.83 bits per heavy atom. The number of hydrogen-bond acceptors (Lipinski definition) is 0. The topological polar surface area (TPSA) is 15.8 Å². The standard InChI is InChI=1S/C15H21N2.HI/c1-17(9-5-2-6-10-17)12-13-11-16-15-8-4-3-7-14(13)15;/h3-4,7-8,11,16H,2,5-6,9-10,12H2,1H3;1H/q+1;. The van der Waals surface area contributed by atoms with Crippen LogP contribution in [0.15, 0.2) is 30.5 Å². The number of H-pyrrole nitrogens is 1. The van der Waals surface area contributed by atoms with Crippen LogP contribution in [-0.4, -0.2) is 29.6 Å². The van der Waals surface area contributed by atoms with Gasteiger partial charge in [-0.15, -0.1) is 24.0 Å². The molecule has 0 amide bonds. The number of piperidine rings is 1. The minimum absolute atomic E-state index is 0. The molecule has 0 atom stereocenters. The summed E-state index contributed by atoms with van der Waals surface area (Å²) in [5.74, 6) is 0. The molecule has 0 unspecified atom stereocenters. The van der Waals surface area contributed by atoms with Crippen molar-refractivity contribution in [2.45, 2.75) is 25.8 Å². The van der Waals surface area contributed by atoms with Crippen molar-refractivity contribution in [3.05, 3.63) is 36.0 Å². The number of para-hydroxylation sites is 1. The Hall–Kier alpha value is -0.550. The molecule has 18 heavy (non-hydrogen) atoms. The molecule has 0 spiro atoms. The average molecular weight is 357 g/mol. The molecule has 1 saturated heterocycles. The number of halogens is 1. The lowest BCUT2D eigenvalue weighted by Crippen LogP contribution is -2.46. The van der Waals surface area contributed by atoms with E-state index in [2.05, 4.69) is 42.5 Å². The molecule has 2 heterocycles. The maximum Gasteiger partial charge on any atom is 0.106 e. The second-order valence-electron chi connectivity index (χ2n) is 5.64. The predicted molar refractivity (Wildman–Crippen MR) is 87.2 cm³/mol. The lowest BCUT2D eigenvalue weighted by atomic mass is 10.1. The molecule has 0 saturated carbocycles. The van der Waals surface area contributed by atoms with E-state index in [1.807, 2.05) is 0 Å². The van der Waals surface area contributed by atoms with E-state index in [-0.39, 0.29) is 24.0 Å². The van der Waals surface area contributed by atoms with E-state index in [1.165, 1.54) is 59.8 Å². The SMILES string of the molecule is C[N+]1(Cc2c[nH]c3ccccc23)CCCCC1.I. The first-order chi connectivity index (χ1) is 8.27. The van der Waals surface area contributed by atoms with Gasteiger partial charge in [-0.3, -0.25) is 0 Å². The second kappa shape index (κ2) is 5.61. The lowest BCUT2D eigenvalue weighted by molar-refractivity contribution is -0.926. The third kappa shape index (κ3) is 2.72. The Balaban J connectivity index is 0.00000120. The highest BCUT2D eigenvalue weighted by atomic mass is 127. The van der Waals surface area contributed by atoms with Crippen molar-refractivity contribution in [1.82, 2.24) is 4.98 Å². The molecule has 0 aliphatic carbocycles. The van der Waals surface area contributed by atoms with E-state index >= 15 is 0 Å². The second-order valence-corrected chi connectivity index (χ2v) is 5.64. The quantitative estimate of drug-likeness (QED) is 0.620. The van der Waals surface area contributed by atoms with Gasteiger partial charge in [0.05, 0.1) is 20.1 Å². The third-order valence-corrected chi connectivity index (χ3v) is 4.12. The van der Waals surface area contributed by atoms with Crippen molar-refractivity contribution in [2.24, 2.45) is 0 Å². The Labute approximate surface area is 126 Å². The largest absolute Gasteiger partial charge is 0.361 e. The zero-order valence-electron chi connectivity index (χ0n) is 11.0. The monoisotopic (exact) mass is 357 g/mol. The van der Waals surface area contributed by atoms with Crippen LogP contribution >= 0.6 is 24.0 Å². The van der Waals surface area contributed by atoms with Gasteiger partial charge in [-0.1, -0.05) is 18.2 Å². The molecule has 0 bridgehead atoms. The van der Waals surface area contributed by atoms with Gasteiger partial charge in [0.25, 0.3) is 0 Å². The fraction of sp³-hybridized carbons (Fsp3) is 0.467. The first-order valence-electron chi connectivity index (χ1n) is 6.65. The molecule has 1 aromatic carbocycles. The number of aromatic amines is 1. The normalized spacial score (nSPS) is 18.5. The first-order valence-corrected chi connectivity index (χ1v) is 6.65. The van der Waals surface area contributed by atoms with Crippen molar-refractivity contribution >= 4 is 34.9 Å². The van der Waals surface area contributed by atoms with E-state index < -0.39 is 0 Å². The van der Waals surface area contributed by atoms with E-state index in [0.717, 1.165) is 0 Å². The summed E-state index contributed by atoms with van der Waals surface area (Å²) >= 11 is 0. The Morgan fingerprint density at radius 3 is 2.61 bits per heavy atom. The third-order valence-electron chi connectivity index (χ3n) is 4.12. The van der Waals surface area contributed by atoms with E-state index in [1.54, 1.807) is 0 Å². The molecule has 3 heteroatoms. The molecule has 3 rings (SSSR count). The molecular formula is C15H22IN2+. The number of hydrogen-bond donors (Lipinski definition) is 1. The molecular weight excluding hydrogens is 335 g/mol. The summed E-state index contributed by atoms with van der Waals surface area (Å²) in [5, 5.41) is 1.40. The summed E-state index contributed by atoms with van der Waals surface area (Å²) in [4.78, 5) is 3.38. The number of nitrogens with one attached hydrogen (secondary N) is 1. The van der Waals surface area contributed by atoms with E-state index in [0.29, 0.717) is 0 Å². The van der Waals surface area contributed by atoms with Gasteiger partial charge in [-0.25, -0.2) is 0 Å². The highest BCUT2D eigenvalue weighted by Gasteiger charge is 2.25. The van der Waals surface area contributed by atoms with Gasteiger partial charge < -0.3 is 9.47 Å². The van der Waals surface area contributed by atoms with Gasteiger partial charge in [-0.2, -0.15) is 0 Å². The van der Waals surface area contributed by atoms with Gasteiger partial charge in [0.1, 0.15) is 6.54 Å². The Kier molecular flexibility index (Phi) is 4.33. The number of likely N-dealkylation sites (tertiary alicyclic amines) is 1. The van der Waals surface area contributed by atoms with Crippen molar-refractivity contribution in [3.8, 4) is 0 Å². The zero-order valence-corrected chi connectivity index (χ0v) is 13.3. The maximum absolute atomic E-state index is 3.38. The lowest BCUT2D eigenvalue weighted by Gasteiger charge is -2.37. The van der Waals surface area contributed by atoms with Crippen LogP contribution < -0.4 is 0 Å². The van der Waals surface area contributed by atoms with Gasteiger partial charge in [-0.05, 0) is 25.3 Å². The fourth-order valence-corrected chi connectivity index (χ4v) is 3.11. The van der Waals surface area contributed by atoms with Crippen molar-refractivity contribution in [1.29, 1.82) is 0 Å². The minimum atomic E-state index is 0. The van der Waals surface area contributed by atoms with Crippen LogP contribution in [0, 0.1) is 0 Å². The molecule has 98 valence electrons. The molecule has 1 aliphatic heterocycles. The minimum Gasteiger partial charge on any atom is -0.361 e. The van der Waals surface area contributed by atoms with Crippen molar-refractivity contribution < 1.29 is 4.48 Å². The fourth-order valence-electron chi connectivity index (χ4n) is 3.11. The van der Waals surface area contributed by atoms with Gasteiger partial charge >= 0.3 is 0 Å². The predicted octanol–water partition coefficient (Wildman–Crippen LogP) is 3.92. The summed E-state index contributed by atoms with van der Waals surface area (Å²) < 4.78 is 1.21. The molecule has 1 N–H and O–H groups in total. The van der Waals surface area contributed by atoms with E-state index in [4.69, 9.17) is 0 Å². The van der Waals surface area contributed by atoms with Crippen molar-refractivity contribution in [2.75, 3.05) is 20.1 Å². The molecule has 2 aromatic rings. The Morgan fingerprint density at radius 1 is 1.11 bits per heavy atom. The smallest absolute Gasteiger partial charge is 0.106 e. The highest BCUT2D eigenvalue weighted by molar-refractivity contribution is 14.0. The molecule has 1 fully saturated rings. The number of benzene rings is 1. The van der Waals surface area contributed by atoms with E-state index in [9.17, 15) is 0 Å². The molecule has 1 aromatic heterocycles. The van der Waals surface area contributed by atoms with Gasteiger partial charge in [0, 0.05) is 22.7 Å². The zero-order chi connectivity index (χ0) is 11.7. The molecule has 0 radical (unpaired) electrons. The van der Waals surface area contributed by atoms with Crippen LogP contribution in [0.5, 0.6) is 0 Å². The number of nitrogens with zero attached hydrogens (tertiary/aromatic N) is 1. The summed E-state index contributed by atoms with van der Waals surface area (Å²) in [5.41, 5.74) is 2.75. The van der Waals surface area contributed by atoms with Crippen LogP contribution in [0.3, 0.4) is 0 Å². The van der Waals surface area contributed by atoms with Crippen LogP contribution in [0.2, 0.25) is 0 Å². The molecule has 2 nitrogen and oxygen atoms in total.